The zero-order chi connectivity index (χ0) is 20.5. The predicted molar refractivity (Wildman–Crippen MR) is 101 cm³/mol. The average molecular weight is 422 g/mol. The molecule has 0 fully saturated rings. The van der Waals surface area contributed by atoms with Crippen molar-refractivity contribution < 1.29 is 22.0 Å². The van der Waals surface area contributed by atoms with Crippen LogP contribution in [0.3, 0.4) is 0 Å². The zero-order valence-electron chi connectivity index (χ0n) is 14.6. The summed E-state index contributed by atoms with van der Waals surface area (Å²) in [6.45, 7) is 1.58. The third-order valence-electron chi connectivity index (χ3n) is 4.26. The van der Waals surface area contributed by atoms with E-state index in [1.807, 2.05) is 0 Å². The molecule has 1 aromatic heterocycles. The number of rotatable bonds is 5. The molecule has 0 aliphatic heterocycles. The molecule has 0 aliphatic carbocycles. The molecule has 0 spiro atoms. The molecule has 28 heavy (non-hydrogen) atoms. The predicted octanol–water partition coefficient (Wildman–Crippen LogP) is 4.70. The quantitative estimate of drug-likeness (QED) is 0.560. The molecular formula is C20H14ClF2NO3S. The maximum atomic E-state index is 14.6. The van der Waals surface area contributed by atoms with Crippen LogP contribution in [-0.4, -0.2) is 19.7 Å². The lowest BCUT2D eigenvalue weighted by Crippen LogP contribution is -2.18. The minimum Gasteiger partial charge on any atom is -0.296 e. The number of hydrogen-bond donors (Lipinski definition) is 0. The van der Waals surface area contributed by atoms with Crippen LogP contribution >= 0.6 is 11.6 Å². The second-order valence-corrected chi connectivity index (χ2v) is 8.60. The van der Waals surface area contributed by atoms with Crippen LogP contribution in [-0.2, 0) is 9.84 Å². The first-order valence-electron chi connectivity index (χ1n) is 8.10. The van der Waals surface area contributed by atoms with Crippen LogP contribution in [0.5, 0.6) is 0 Å². The van der Waals surface area contributed by atoms with E-state index >= 15 is 0 Å². The molecule has 3 rings (SSSR count). The summed E-state index contributed by atoms with van der Waals surface area (Å²) in [5.41, 5.74) is 0.170. The summed E-state index contributed by atoms with van der Waals surface area (Å²) in [6, 6.07) is 9.25. The zero-order valence-corrected chi connectivity index (χ0v) is 16.1. The second kappa shape index (κ2) is 7.77. The van der Waals surface area contributed by atoms with E-state index in [1.165, 1.54) is 36.5 Å². The fourth-order valence-electron chi connectivity index (χ4n) is 2.88. The Bertz CT molecular complexity index is 1150. The molecule has 0 radical (unpaired) electrons. The van der Waals surface area contributed by atoms with Crippen LogP contribution in [0.4, 0.5) is 8.78 Å². The number of pyridine rings is 1. The largest absolute Gasteiger partial charge is 0.296 e. The normalized spacial score (nSPS) is 12.6. The molecular weight excluding hydrogens is 408 g/mol. The molecule has 4 nitrogen and oxygen atoms in total. The van der Waals surface area contributed by atoms with Gasteiger partial charge < -0.3 is 0 Å². The van der Waals surface area contributed by atoms with Crippen molar-refractivity contribution in [1.82, 2.24) is 4.98 Å². The highest BCUT2D eigenvalue weighted by atomic mass is 35.5. The van der Waals surface area contributed by atoms with E-state index in [0.717, 1.165) is 18.2 Å². The van der Waals surface area contributed by atoms with Gasteiger partial charge in [-0.15, -0.1) is 0 Å². The molecule has 144 valence electrons. The number of halogens is 3. The third-order valence-corrected chi connectivity index (χ3v) is 6.57. The van der Waals surface area contributed by atoms with Crippen LogP contribution in [0, 0.1) is 18.6 Å². The highest BCUT2D eigenvalue weighted by Crippen LogP contribution is 2.38. The van der Waals surface area contributed by atoms with Gasteiger partial charge in [-0.2, -0.15) is 0 Å². The SMILES string of the molecule is Cc1cnc(C=O)cc1C(c1cc(F)ccc1F)S(=O)(=O)c1ccc(Cl)cc1. The Hall–Kier alpha value is -2.64. The van der Waals surface area contributed by atoms with Gasteiger partial charge in [-0.05, 0) is 66.6 Å². The number of aromatic nitrogens is 1. The van der Waals surface area contributed by atoms with Gasteiger partial charge in [0.1, 0.15) is 22.6 Å². The Kier molecular flexibility index (Phi) is 5.58. The Morgan fingerprint density at radius 3 is 2.36 bits per heavy atom. The maximum absolute atomic E-state index is 14.6. The molecule has 0 N–H and O–H groups in total. The van der Waals surface area contributed by atoms with Gasteiger partial charge in [0.15, 0.2) is 16.1 Å². The molecule has 0 bridgehead atoms. The van der Waals surface area contributed by atoms with Crippen LogP contribution < -0.4 is 0 Å². The average Bonchev–Trinajstić information content (AvgIpc) is 2.66. The van der Waals surface area contributed by atoms with Crippen LogP contribution in [0.1, 0.15) is 32.4 Å². The van der Waals surface area contributed by atoms with Gasteiger partial charge in [0.25, 0.3) is 0 Å². The summed E-state index contributed by atoms with van der Waals surface area (Å²) in [5.74, 6) is -1.66. The van der Waals surface area contributed by atoms with Crippen LogP contribution in [0.15, 0.2) is 59.6 Å². The molecule has 0 saturated carbocycles. The summed E-state index contributed by atoms with van der Waals surface area (Å²) < 4.78 is 55.3. The Morgan fingerprint density at radius 1 is 1.04 bits per heavy atom. The van der Waals surface area contributed by atoms with Gasteiger partial charge in [0.05, 0.1) is 4.90 Å². The van der Waals surface area contributed by atoms with Crippen LogP contribution in [0.2, 0.25) is 5.02 Å². The topological polar surface area (TPSA) is 64.1 Å². The molecule has 1 unspecified atom stereocenters. The number of benzene rings is 2. The molecule has 2 aromatic carbocycles. The number of carbonyl (C=O) groups excluding carboxylic acids is 1. The number of aldehydes is 1. The fraction of sp³-hybridized carbons (Fsp3) is 0.100. The van der Waals surface area contributed by atoms with E-state index in [0.29, 0.717) is 16.9 Å². The first kappa shape index (κ1) is 20.1. The monoisotopic (exact) mass is 421 g/mol. The van der Waals surface area contributed by atoms with Crippen LogP contribution in [0.25, 0.3) is 0 Å². The van der Waals surface area contributed by atoms with Crippen molar-refractivity contribution in [3.8, 4) is 0 Å². The second-order valence-electron chi connectivity index (χ2n) is 6.13. The Labute approximate surface area is 165 Å². The number of carbonyl (C=O) groups is 1. The number of hydrogen-bond acceptors (Lipinski definition) is 4. The van der Waals surface area contributed by atoms with E-state index in [1.54, 1.807) is 6.92 Å². The Morgan fingerprint density at radius 2 is 1.71 bits per heavy atom. The molecule has 0 aliphatic rings. The molecule has 1 atom stereocenters. The van der Waals surface area contributed by atoms with E-state index in [-0.39, 0.29) is 21.7 Å². The van der Waals surface area contributed by atoms with Gasteiger partial charge in [0.2, 0.25) is 0 Å². The first-order valence-corrected chi connectivity index (χ1v) is 10.0. The third kappa shape index (κ3) is 3.81. The lowest BCUT2D eigenvalue weighted by molar-refractivity contribution is 0.111. The minimum atomic E-state index is -4.22. The van der Waals surface area contributed by atoms with Crippen molar-refractivity contribution in [3.05, 3.63) is 93.8 Å². The van der Waals surface area contributed by atoms with E-state index < -0.39 is 26.7 Å². The lowest BCUT2D eigenvalue weighted by Gasteiger charge is -2.21. The van der Waals surface area contributed by atoms with Crippen molar-refractivity contribution >= 4 is 27.7 Å². The van der Waals surface area contributed by atoms with Crippen molar-refractivity contribution in [2.45, 2.75) is 17.1 Å². The maximum Gasteiger partial charge on any atom is 0.189 e. The van der Waals surface area contributed by atoms with Crippen molar-refractivity contribution in [2.75, 3.05) is 0 Å². The molecule has 1 heterocycles. The minimum absolute atomic E-state index is 0.0197. The molecule has 0 saturated heterocycles. The molecule has 0 amide bonds. The standard InChI is InChI=1S/C20H14ClF2NO3S/c1-12-10-24-15(11-25)9-17(12)20(18-8-14(22)4-7-19(18)23)28(26,27)16-5-2-13(21)3-6-16/h2-11,20H,1H3. The van der Waals surface area contributed by atoms with Crippen molar-refractivity contribution in [3.63, 3.8) is 0 Å². The van der Waals surface area contributed by atoms with Gasteiger partial charge in [-0.3, -0.25) is 9.78 Å². The van der Waals surface area contributed by atoms with E-state index in [9.17, 15) is 22.0 Å². The lowest BCUT2D eigenvalue weighted by atomic mass is 10.00. The highest BCUT2D eigenvalue weighted by Gasteiger charge is 2.34. The Balaban J connectivity index is 2.34. The fourth-order valence-corrected chi connectivity index (χ4v) is 4.90. The highest BCUT2D eigenvalue weighted by molar-refractivity contribution is 7.92. The van der Waals surface area contributed by atoms with Gasteiger partial charge in [-0.1, -0.05) is 11.6 Å². The number of nitrogens with zero attached hydrogens (tertiary/aromatic N) is 1. The van der Waals surface area contributed by atoms with Crippen molar-refractivity contribution in [2.24, 2.45) is 0 Å². The van der Waals surface area contributed by atoms with E-state index in [4.69, 9.17) is 11.6 Å². The number of aryl methyl sites for hydroxylation is 1. The van der Waals surface area contributed by atoms with Gasteiger partial charge >= 0.3 is 0 Å². The van der Waals surface area contributed by atoms with Crippen molar-refractivity contribution in [1.29, 1.82) is 0 Å². The summed E-state index contributed by atoms with van der Waals surface area (Å²) >= 11 is 5.83. The molecule has 8 heteroatoms. The summed E-state index contributed by atoms with van der Waals surface area (Å²) in [5, 5.41) is -1.25. The van der Waals surface area contributed by atoms with E-state index in [2.05, 4.69) is 4.98 Å². The van der Waals surface area contributed by atoms with Gasteiger partial charge in [-0.25, -0.2) is 17.2 Å². The first-order chi connectivity index (χ1) is 13.2. The van der Waals surface area contributed by atoms with Gasteiger partial charge in [0, 0.05) is 16.8 Å². The molecule has 3 aromatic rings. The summed E-state index contributed by atoms with van der Waals surface area (Å²) in [4.78, 5) is 14.9. The smallest absolute Gasteiger partial charge is 0.189 e. The summed E-state index contributed by atoms with van der Waals surface area (Å²) in [7, 11) is -4.22. The number of sulfone groups is 1. The summed E-state index contributed by atoms with van der Waals surface area (Å²) in [6.07, 6.45) is 1.78.